The molecule has 0 heterocycles. The number of anilines is 1. The fraction of sp³-hybridized carbons (Fsp3) is 0.257. The summed E-state index contributed by atoms with van der Waals surface area (Å²) in [6.45, 7) is 6.72. The van der Waals surface area contributed by atoms with E-state index in [2.05, 4.69) is 5.32 Å². The van der Waals surface area contributed by atoms with Crippen molar-refractivity contribution in [1.82, 2.24) is 10.2 Å². The van der Waals surface area contributed by atoms with Crippen LogP contribution >= 0.6 is 0 Å². The highest BCUT2D eigenvalue weighted by Crippen LogP contribution is 2.29. The number of sulfonamides is 1. The van der Waals surface area contributed by atoms with Crippen LogP contribution in [-0.2, 0) is 32.6 Å². The summed E-state index contributed by atoms with van der Waals surface area (Å²) in [5.41, 5.74) is 3.30. The number of hydrogen-bond acceptors (Lipinski definition) is 4. The SMILES string of the molecule is Cc1ccc(C)c(N(CC(=O)N(Cc2ccc(F)cc2)[C@H](Cc2ccccc2)C(=O)NC(C)C)S(=O)(=O)c2ccccc2)c1. The summed E-state index contributed by atoms with van der Waals surface area (Å²) in [4.78, 5) is 29.6. The Morgan fingerprint density at radius 2 is 1.43 bits per heavy atom. The Hall–Kier alpha value is -4.50. The van der Waals surface area contributed by atoms with E-state index < -0.39 is 34.3 Å². The first-order valence-corrected chi connectivity index (χ1v) is 15.9. The molecule has 0 saturated heterocycles. The maximum atomic E-state index is 14.5. The van der Waals surface area contributed by atoms with E-state index in [1.807, 2.05) is 63.2 Å². The number of hydrogen-bond donors (Lipinski definition) is 1. The molecule has 4 aromatic rings. The molecule has 0 radical (unpaired) electrons. The summed E-state index contributed by atoms with van der Waals surface area (Å²) >= 11 is 0. The minimum Gasteiger partial charge on any atom is -0.352 e. The Bertz CT molecular complexity index is 1680. The lowest BCUT2D eigenvalue weighted by Gasteiger charge is -2.34. The van der Waals surface area contributed by atoms with Crippen molar-refractivity contribution in [3.63, 3.8) is 0 Å². The summed E-state index contributed by atoms with van der Waals surface area (Å²) in [5, 5.41) is 2.93. The molecule has 0 aliphatic heterocycles. The van der Waals surface area contributed by atoms with Gasteiger partial charge in [-0.05, 0) is 80.3 Å². The zero-order chi connectivity index (χ0) is 31.9. The molecule has 0 unspecified atom stereocenters. The van der Waals surface area contributed by atoms with Gasteiger partial charge in [0.15, 0.2) is 0 Å². The van der Waals surface area contributed by atoms with Crippen molar-refractivity contribution >= 4 is 27.5 Å². The molecule has 0 fully saturated rings. The van der Waals surface area contributed by atoms with Gasteiger partial charge in [0.2, 0.25) is 11.8 Å². The molecule has 4 aromatic carbocycles. The van der Waals surface area contributed by atoms with Gasteiger partial charge in [-0.1, -0.05) is 72.8 Å². The van der Waals surface area contributed by atoms with E-state index in [4.69, 9.17) is 0 Å². The average molecular weight is 616 g/mol. The first-order chi connectivity index (χ1) is 21.0. The summed E-state index contributed by atoms with van der Waals surface area (Å²) in [7, 11) is -4.19. The molecular formula is C35H38FN3O4S. The molecule has 44 heavy (non-hydrogen) atoms. The second kappa shape index (κ2) is 14.3. The highest BCUT2D eigenvalue weighted by atomic mass is 32.2. The van der Waals surface area contributed by atoms with E-state index >= 15 is 0 Å². The van der Waals surface area contributed by atoms with Crippen LogP contribution in [0.4, 0.5) is 10.1 Å². The van der Waals surface area contributed by atoms with E-state index in [-0.39, 0.29) is 29.8 Å². The lowest BCUT2D eigenvalue weighted by molar-refractivity contribution is -0.140. The van der Waals surface area contributed by atoms with Gasteiger partial charge in [0, 0.05) is 19.0 Å². The van der Waals surface area contributed by atoms with Crippen molar-refractivity contribution in [2.45, 2.75) is 57.6 Å². The first kappa shape index (κ1) is 32.4. The van der Waals surface area contributed by atoms with Crippen molar-refractivity contribution in [3.05, 3.63) is 131 Å². The lowest BCUT2D eigenvalue weighted by Crippen LogP contribution is -2.54. The average Bonchev–Trinajstić information content (AvgIpc) is 3.00. The molecule has 230 valence electrons. The lowest BCUT2D eigenvalue weighted by atomic mass is 10.0. The van der Waals surface area contributed by atoms with Crippen LogP contribution in [-0.4, -0.2) is 43.8 Å². The van der Waals surface area contributed by atoms with Gasteiger partial charge in [0.25, 0.3) is 10.0 Å². The van der Waals surface area contributed by atoms with Gasteiger partial charge in [0.05, 0.1) is 10.6 Å². The monoisotopic (exact) mass is 615 g/mol. The Morgan fingerprint density at radius 1 is 0.818 bits per heavy atom. The number of halogens is 1. The number of nitrogens with one attached hydrogen (secondary N) is 1. The van der Waals surface area contributed by atoms with Crippen molar-refractivity contribution in [2.24, 2.45) is 0 Å². The molecule has 7 nitrogen and oxygen atoms in total. The van der Waals surface area contributed by atoms with Crippen LogP contribution in [0.2, 0.25) is 0 Å². The maximum Gasteiger partial charge on any atom is 0.264 e. The quantitative estimate of drug-likeness (QED) is 0.218. The zero-order valence-corrected chi connectivity index (χ0v) is 26.2. The summed E-state index contributed by atoms with van der Waals surface area (Å²) in [5.74, 6) is -1.38. The van der Waals surface area contributed by atoms with E-state index in [9.17, 15) is 22.4 Å². The van der Waals surface area contributed by atoms with Crippen molar-refractivity contribution in [1.29, 1.82) is 0 Å². The van der Waals surface area contributed by atoms with Crippen molar-refractivity contribution < 1.29 is 22.4 Å². The standard InChI is InChI=1S/C35H38FN3O4S/c1-25(2)37-35(41)33(22-28-11-7-5-8-12-28)38(23-29-17-19-30(36)20-18-29)34(40)24-39(32-21-26(3)15-16-27(32)4)44(42,43)31-13-9-6-10-14-31/h5-21,25,33H,22-24H2,1-4H3,(H,37,41)/t33-/m1/s1. The van der Waals surface area contributed by atoms with Gasteiger partial charge in [-0.25, -0.2) is 12.8 Å². The van der Waals surface area contributed by atoms with E-state index in [1.165, 1.54) is 29.2 Å². The van der Waals surface area contributed by atoms with Crippen LogP contribution in [0.5, 0.6) is 0 Å². The maximum absolute atomic E-state index is 14.5. The Kier molecular flexibility index (Phi) is 10.5. The Morgan fingerprint density at radius 3 is 2.05 bits per heavy atom. The van der Waals surface area contributed by atoms with E-state index in [0.29, 0.717) is 16.8 Å². The minimum atomic E-state index is -4.19. The molecule has 1 atom stereocenters. The van der Waals surface area contributed by atoms with Gasteiger partial charge < -0.3 is 10.2 Å². The number of aryl methyl sites for hydroxylation is 2. The molecule has 0 saturated carbocycles. The molecule has 2 amide bonds. The molecule has 9 heteroatoms. The van der Waals surface area contributed by atoms with Crippen molar-refractivity contribution in [3.8, 4) is 0 Å². The molecule has 4 rings (SSSR count). The van der Waals surface area contributed by atoms with Gasteiger partial charge in [-0.3, -0.25) is 13.9 Å². The second-order valence-corrected chi connectivity index (χ2v) is 13.0. The van der Waals surface area contributed by atoms with Crippen LogP contribution in [0, 0.1) is 19.7 Å². The predicted octanol–water partition coefficient (Wildman–Crippen LogP) is 5.80. The highest BCUT2D eigenvalue weighted by molar-refractivity contribution is 7.92. The summed E-state index contributed by atoms with van der Waals surface area (Å²) in [6.07, 6.45) is 0.196. The zero-order valence-electron chi connectivity index (χ0n) is 25.4. The smallest absolute Gasteiger partial charge is 0.264 e. The predicted molar refractivity (Wildman–Crippen MR) is 171 cm³/mol. The van der Waals surface area contributed by atoms with E-state index in [1.54, 1.807) is 43.3 Å². The topological polar surface area (TPSA) is 86.8 Å². The summed E-state index contributed by atoms with van der Waals surface area (Å²) < 4.78 is 43.2. The number of amides is 2. The second-order valence-electron chi connectivity index (χ2n) is 11.1. The van der Waals surface area contributed by atoms with Crippen LogP contribution in [0.15, 0.2) is 108 Å². The number of carbonyl (C=O) groups excluding carboxylic acids is 2. The summed E-state index contributed by atoms with van der Waals surface area (Å²) in [6, 6.07) is 27.2. The number of carbonyl (C=O) groups is 2. The number of benzene rings is 4. The third-order valence-corrected chi connectivity index (χ3v) is 8.99. The Balaban J connectivity index is 1.82. The van der Waals surface area contributed by atoms with E-state index in [0.717, 1.165) is 15.4 Å². The van der Waals surface area contributed by atoms with Crippen LogP contribution in [0.1, 0.15) is 36.1 Å². The fourth-order valence-corrected chi connectivity index (χ4v) is 6.43. The molecule has 1 N–H and O–H groups in total. The molecule has 0 bridgehead atoms. The molecule has 0 spiro atoms. The molecular weight excluding hydrogens is 577 g/mol. The van der Waals surface area contributed by atoms with Crippen LogP contribution < -0.4 is 9.62 Å². The number of nitrogens with zero attached hydrogens (tertiary/aromatic N) is 2. The molecule has 0 aliphatic carbocycles. The third-order valence-electron chi connectivity index (χ3n) is 7.21. The van der Waals surface area contributed by atoms with Crippen molar-refractivity contribution in [2.75, 3.05) is 10.8 Å². The van der Waals surface area contributed by atoms with Gasteiger partial charge in [-0.15, -0.1) is 0 Å². The third kappa shape index (κ3) is 8.11. The van der Waals surface area contributed by atoms with Crippen LogP contribution in [0.25, 0.3) is 0 Å². The fourth-order valence-electron chi connectivity index (χ4n) is 4.94. The normalized spacial score (nSPS) is 12.0. The Labute approximate surface area is 259 Å². The highest BCUT2D eigenvalue weighted by Gasteiger charge is 2.35. The molecule has 0 aromatic heterocycles. The first-order valence-electron chi connectivity index (χ1n) is 14.5. The number of rotatable bonds is 12. The van der Waals surface area contributed by atoms with Gasteiger partial charge in [-0.2, -0.15) is 0 Å². The van der Waals surface area contributed by atoms with Crippen LogP contribution in [0.3, 0.4) is 0 Å². The largest absolute Gasteiger partial charge is 0.352 e. The van der Waals surface area contributed by atoms with Gasteiger partial charge in [0.1, 0.15) is 18.4 Å². The molecule has 0 aliphatic rings. The minimum absolute atomic E-state index is 0.0336. The van der Waals surface area contributed by atoms with Gasteiger partial charge >= 0.3 is 0 Å².